The van der Waals surface area contributed by atoms with Gasteiger partial charge in [0.05, 0.1) is 17.4 Å². The van der Waals surface area contributed by atoms with Crippen LogP contribution in [0, 0.1) is 0 Å². The first kappa shape index (κ1) is 13.1. The Morgan fingerprint density at radius 1 is 1.20 bits per heavy atom. The van der Waals surface area contributed by atoms with Gasteiger partial charge in [0.15, 0.2) is 0 Å². The lowest BCUT2D eigenvalue weighted by Gasteiger charge is -2.30. The van der Waals surface area contributed by atoms with E-state index in [2.05, 4.69) is 51.6 Å². The van der Waals surface area contributed by atoms with Gasteiger partial charge in [0.25, 0.3) is 0 Å². The third kappa shape index (κ3) is 2.54. The van der Waals surface area contributed by atoms with Crippen molar-refractivity contribution in [3.05, 3.63) is 59.9 Å². The summed E-state index contributed by atoms with van der Waals surface area (Å²) in [5, 5.41) is 3.27. The van der Waals surface area contributed by atoms with Gasteiger partial charge >= 0.3 is 0 Å². The highest BCUT2D eigenvalue weighted by Crippen LogP contribution is 2.35. The number of benzene rings is 1. The van der Waals surface area contributed by atoms with Gasteiger partial charge in [-0.15, -0.1) is 0 Å². The minimum absolute atomic E-state index is 0.425. The van der Waals surface area contributed by atoms with Crippen molar-refractivity contribution in [3.8, 4) is 0 Å². The highest BCUT2D eigenvalue weighted by atomic mass is 15.2. The summed E-state index contributed by atoms with van der Waals surface area (Å²) in [6.45, 7) is 2.08. The summed E-state index contributed by atoms with van der Waals surface area (Å²) in [6.07, 6.45) is 4.06. The predicted molar refractivity (Wildman–Crippen MR) is 83.0 cm³/mol. The molecule has 3 rings (SSSR count). The molecule has 0 saturated carbocycles. The van der Waals surface area contributed by atoms with Gasteiger partial charge in [-0.2, -0.15) is 0 Å². The summed E-state index contributed by atoms with van der Waals surface area (Å²) in [6, 6.07) is 15.5. The monoisotopic (exact) mass is 267 g/mol. The lowest BCUT2D eigenvalue weighted by atomic mass is 10.0. The molecule has 104 valence electrons. The van der Waals surface area contributed by atoms with E-state index in [4.69, 9.17) is 0 Å². The van der Waals surface area contributed by atoms with E-state index in [0.29, 0.717) is 6.04 Å². The largest absolute Gasteiger partial charge is 0.363 e. The van der Waals surface area contributed by atoms with E-state index in [9.17, 15) is 0 Å². The first-order valence-electron chi connectivity index (χ1n) is 7.30. The Balaban J connectivity index is 1.91. The van der Waals surface area contributed by atoms with E-state index in [-0.39, 0.29) is 0 Å². The molecule has 1 aliphatic rings. The molecule has 0 saturated heterocycles. The maximum absolute atomic E-state index is 4.51. The molecule has 1 N–H and O–H groups in total. The van der Waals surface area contributed by atoms with Crippen LogP contribution in [0.5, 0.6) is 0 Å². The van der Waals surface area contributed by atoms with Crippen molar-refractivity contribution >= 4 is 5.69 Å². The van der Waals surface area contributed by atoms with Crippen molar-refractivity contribution in [2.75, 3.05) is 25.0 Å². The van der Waals surface area contributed by atoms with Gasteiger partial charge in [-0.1, -0.05) is 30.3 Å². The first-order valence-corrected chi connectivity index (χ1v) is 7.30. The zero-order chi connectivity index (χ0) is 13.8. The van der Waals surface area contributed by atoms with Crippen LogP contribution < -0.4 is 10.2 Å². The zero-order valence-corrected chi connectivity index (χ0v) is 11.9. The normalized spacial score (nSPS) is 15.2. The van der Waals surface area contributed by atoms with Crippen LogP contribution in [-0.4, -0.2) is 25.1 Å². The van der Waals surface area contributed by atoms with Crippen LogP contribution >= 0.6 is 0 Å². The molecular weight excluding hydrogens is 246 g/mol. The number of nitrogens with one attached hydrogen (secondary N) is 1. The van der Waals surface area contributed by atoms with Gasteiger partial charge in [-0.3, -0.25) is 4.98 Å². The highest BCUT2D eigenvalue weighted by molar-refractivity contribution is 5.56. The van der Waals surface area contributed by atoms with Crippen LogP contribution in [0.3, 0.4) is 0 Å². The van der Waals surface area contributed by atoms with E-state index in [1.807, 2.05) is 19.3 Å². The second-order valence-electron chi connectivity index (χ2n) is 5.23. The number of pyridine rings is 1. The maximum atomic E-state index is 4.51. The molecular formula is C17H21N3. The molecule has 1 aromatic carbocycles. The molecule has 1 aromatic heterocycles. The van der Waals surface area contributed by atoms with Crippen molar-refractivity contribution in [1.82, 2.24) is 10.3 Å². The summed E-state index contributed by atoms with van der Waals surface area (Å²) in [5.74, 6) is 0. The van der Waals surface area contributed by atoms with Crippen molar-refractivity contribution in [3.63, 3.8) is 0 Å². The maximum Gasteiger partial charge on any atom is 0.0654 e. The van der Waals surface area contributed by atoms with Gasteiger partial charge in [0.2, 0.25) is 0 Å². The van der Waals surface area contributed by atoms with Gasteiger partial charge in [0, 0.05) is 19.2 Å². The Kier molecular flexibility index (Phi) is 3.97. The molecule has 2 aromatic rings. The molecule has 0 fully saturated rings. The lowest BCUT2D eigenvalue weighted by molar-refractivity contribution is 0.569. The number of rotatable bonds is 5. The van der Waals surface area contributed by atoms with E-state index < -0.39 is 0 Å². The van der Waals surface area contributed by atoms with Crippen LogP contribution in [0.4, 0.5) is 5.69 Å². The molecule has 0 spiro atoms. The molecule has 1 atom stereocenters. The summed E-state index contributed by atoms with van der Waals surface area (Å²) >= 11 is 0. The number of hydrogen-bond acceptors (Lipinski definition) is 3. The average Bonchev–Trinajstić information content (AvgIpc) is 2.93. The van der Waals surface area contributed by atoms with Crippen LogP contribution in [0.25, 0.3) is 0 Å². The van der Waals surface area contributed by atoms with E-state index in [1.54, 1.807) is 0 Å². The summed E-state index contributed by atoms with van der Waals surface area (Å²) in [5.41, 5.74) is 3.93. The molecule has 2 heterocycles. The molecule has 20 heavy (non-hydrogen) atoms. The quantitative estimate of drug-likeness (QED) is 0.903. The Morgan fingerprint density at radius 3 is 2.85 bits per heavy atom. The number of nitrogens with zero attached hydrogens (tertiary/aromatic N) is 2. The molecule has 1 aliphatic heterocycles. The van der Waals surface area contributed by atoms with Crippen molar-refractivity contribution in [1.29, 1.82) is 0 Å². The molecule has 1 unspecified atom stereocenters. The molecule has 0 aliphatic carbocycles. The summed E-state index contributed by atoms with van der Waals surface area (Å²) < 4.78 is 0. The Bertz CT molecular complexity index is 553. The first-order chi connectivity index (χ1) is 9.90. The molecule has 0 amide bonds. The second-order valence-corrected chi connectivity index (χ2v) is 5.23. The van der Waals surface area contributed by atoms with Crippen molar-refractivity contribution < 1.29 is 0 Å². The number of aromatic nitrogens is 1. The third-order valence-electron chi connectivity index (χ3n) is 3.99. The number of fused-ring (bicyclic) bond motifs is 1. The fourth-order valence-electron chi connectivity index (χ4n) is 3.01. The van der Waals surface area contributed by atoms with Gasteiger partial charge in [0.1, 0.15) is 0 Å². The van der Waals surface area contributed by atoms with E-state index in [1.165, 1.54) is 16.9 Å². The lowest BCUT2D eigenvalue weighted by Crippen LogP contribution is -2.29. The Labute approximate surface area is 120 Å². The molecule has 0 radical (unpaired) electrons. The minimum Gasteiger partial charge on any atom is -0.363 e. The fourth-order valence-corrected chi connectivity index (χ4v) is 3.01. The van der Waals surface area contributed by atoms with Crippen LogP contribution in [-0.2, 0) is 6.42 Å². The fraction of sp³-hybridized carbons (Fsp3) is 0.353. The Hall–Kier alpha value is -1.87. The highest BCUT2D eigenvalue weighted by Gasteiger charge is 2.27. The number of hydrogen-bond donors (Lipinski definition) is 1. The summed E-state index contributed by atoms with van der Waals surface area (Å²) in [4.78, 5) is 7.02. The van der Waals surface area contributed by atoms with Crippen LogP contribution in [0.15, 0.2) is 48.7 Å². The summed E-state index contributed by atoms with van der Waals surface area (Å²) in [7, 11) is 2.02. The minimum atomic E-state index is 0.425. The van der Waals surface area contributed by atoms with Crippen LogP contribution in [0.1, 0.15) is 23.7 Å². The van der Waals surface area contributed by atoms with E-state index >= 15 is 0 Å². The number of anilines is 1. The Morgan fingerprint density at radius 2 is 2.05 bits per heavy atom. The standard InChI is InChI=1S/C17H21N3/c1-18-12-9-16(14-6-3-2-4-7-14)20-13-10-15-17(20)8-5-11-19-15/h2-8,11,16,18H,9-10,12-13H2,1H3. The second kappa shape index (κ2) is 6.06. The predicted octanol–water partition coefficient (Wildman–Crippen LogP) is 2.79. The van der Waals surface area contributed by atoms with Gasteiger partial charge < -0.3 is 10.2 Å². The SMILES string of the molecule is CNCCC(c1ccccc1)N1CCc2ncccc21. The van der Waals surface area contributed by atoms with Crippen molar-refractivity contribution in [2.24, 2.45) is 0 Å². The average molecular weight is 267 g/mol. The molecule has 0 bridgehead atoms. The van der Waals surface area contributed by atoms with Gasteiger partial charge in [-0.05, 0) is 37.7 Å². The topological polar surface area (TPSA) is 28.2 Å². The van der Waals surface area contributed by atoms with Crippen LogP contribution in [0.2, 0.25) is 0 Å². The van der Waals surface area contributed by atoms with E-state index in [0.717, 1.165) is 25.9 Å². The molecule has 3 heteroatoms. The third-order valence-corrected chi connectivity index (χ3v) is 3.99. The van der Waals surface area contributed by atoms with Gasteiger partial charge in [-0.25, -0.2) is 0 Å². The van der Waals surface area contributed by atoms with Crippen molar-refractivity contribution in [2.45, 2.75) is 18.9 Å². The zero-order valence-electron chi connectivity index (χ0n) is 11.9. The molecule has 3 nitrogen and oxygen atoms in total. The smallest absolute Gasteiger partial charge is 0.0654 e.